The molecule has 2 aliphatic rings. The number of thiazole rings is 1. The highest BCUT2D eigenvalue weighted by atomic mass is 35.5. The molecule has 2 atom stereocenters. The topological polar surface area (TPSA) is 102 Å². The Labute approximate surface area is 212 Å². The van der Waals surface area contributed by atoms with Gasteiger partial charge in [0.05, 0.1) is 17.8 Å². The molecule has 1 aromatic carbocycles. The number of nitrogens with one attached hydrogen (secondary N) is 4. The average molecular weight is 529 g/mol. The fraction of sp³-hybridized carbons (Fsp3) is 0.409. The number of halogens is 3. The molecule has 12 heteroatoms. The molecule has 2 aromatic heterocycles. The van der Waals surface area contributed by atoms with E-state index in [1.165, 1.54) is 23.5 Å². The molecule has 0 radical (unpaired) electrons. The first-order valence-electron chi connectivity index (χ1n) is 10.7. The molecule has 2 amide bonds. The quantitative estimate of drug-likeness (QED) is 0.416. The van der Waals surface area contributed by atoms with Gasteiger partial charge >= 0.3 is 0 Å². The van der Waals surface area contributed by atoms with E-state index in [-0.39, 0.29) is 54.5 Å². The number of likely N-dealkylation sites (N-methyl/N-ethyl adjacent to an activating group) is 1. The summed E-state index contributed by atoms with van der Waals surface area (Å²) in [6.07, 6.45) is 1.54. The summed E-state index contributed by atoms with van der Waals surface area (Å²) < 4.78 is 13.5. The molecule has 0 spiro atoms. The van der Waals surface area contributed by atoms with Crippen molar-refractivity contribution in [1.82, 2.24) is 30.8 Å². The number of aromatic nitrogens is 2. The Balaban J connectivity index is 0.00000162. The number of amides is 2. The molecule has 0 aliphatic carbocycles. The lowest BCUT2D eigenvalue weighted by Crippen LogP contribution is -2.59. The van der Waals surface area contributed by atoms with Crippen LogP contribution in [0.1, 0.15) is 37.3 Å². The van der Waals surface area contributed by atoms with Crippen LogP contribution in [0.15, 0.2) is 24.3 Å². The van der Waals surface area contributed by atoms with E-state index in [9.17, 15) is 14.0 Å². The lowest BCUT2D eigenvalue weighted by Gasteiger charge is -2.33. The molecule has 4 heterocycles. The van der Waals surface area contributed by atoms with Gasteiger partial charge in [-0.15, -0.1) is 36.2 Å². The summed E-state index contributed by atoms with van der Waals surface area (Å²) in [7, 11) is 2.06. The van der Waals surface area contributed by atoms with E-state index < -0.39 is 0 Å². The molecule has 184 valence electrons. The van der Waals surface area contributed by atoms with Crippen LogP contribution in [0.4, 0.5) is 4.39 Å². The van der Waals surface area contributed by atoms with Crippen molar-refractivity contribution in [2.45, 2.75) is 31.5 Å². The summed E-state index contributed by atoms with van der Waals surface area (Å²) in [5.74, 6) is -0.832. The molecule has 2 aliphatic heterocycles. The highest BCUT2D eigenvalue weighted by Gasteiger charge is 2.30. The summed E-state index contributed by atoms with van der Waals surface area (Å²) in [5.41, 5.74) is 2.08. The van der Waals surface area contributed by atoms with Gasteiger partial charge < -0.3 is 25.8 Å². The number of H-pyrrole nitrogens is 1. The van der Waals surface area contributed by atoms with E-state index in [1.807, 2.05) is 0 Å². The third-order valence-electron chi connectivity index (χ3n) is 6.06. The average Bonchev–Trinajstić information content (AvgIpc) is 3.38. The van der Waals surface area contributed by atoms with Gasteiger partial charge in [-0.2, -0.15) is 0 Å². The second-order valence-corrected chi connectivity index (χ2v) is 9.53. The van der Waals surface area contributed by atoms with Crippen LogP contribution in [0.5, 0.6) is 0 Å². The molecule has 1 saturated heterocycles. The highest BCUT2D eigenvalue weighted by Crippen LogP contribution is 2.24. The Bertz CT molecular complexity index is 1190. The van der Waals surface area contributed by atoms with Crippen LogP contribution in [0.3, 0.4) is 0 Å². The van der Waals surface area contributed by atoms with Crippen molar-refractivity contribution in [1.29, 1.82) is 0 Å². The number of carbonyl (C=O) groups excluding carboxylic acids is 2. The second kappa shape index (κ2) is 11.0. The van der Waals surface area contributed by atoms with Crippen LogP contribution in [-0.4, -0.2) is 65.4 Å². The third kappa shape index (κ3) is 5.52. The van der Waals surface area contributed by atoms with Crippen LogP contribution in [-0.2, 0) is 13.0 Å². The van der Waals surface area contributed by atoms with E-state index in [1.54, 1.807) is 12.1 Å². The zero-order chi connectivity index (χ0) is 22.2. The molecule has 34 heavy (non-hydrogen) atoms. The van der Waals surface area contributed by atoms with Crippen molar-refractivity contribution in [2.24, 2.45) is 0 Å². The van der Waals surface area contributed by atoms with Crippen molar-refractivity contribution in [3.05, 3.63) is 51.4 Å². The summed E-state index contributed by atoms with van der Waals surface area (Å²) in [5, 5.41) is 10.5. The Morgan fingerprint density at radius 2 is 1.97 bits per heavy atom. The monoisotopic (exact) mass is 528 g/mol. The predicted octanol–water partition coefficient (Wildman–Crippen LogP) is 2.49. The van der Waals surface area contributed by atoms with E-state index in [0.29, 0.717) is 34.6 Å². The SMILES string of the molecule is CN1CCc2nc(C(=O)N[C@@H]3CNCC[C@@H]3NC(=O)c3cc4cc(F)ccc4[nH]3)sc2C1.Cl.Cl. The Morgan fingerprint density at radius 3 is 2.79 bits per heavy atom. The molecule has 3 aromatic rings. The maximum atomic E-state index is 13.5. The molecule has 0 bridgehead atoms. The number of hydrogen-bond acceptors (Lipinski definition) is 6. The van der Waals surface area contributed by atoms with Gasteiger partial charge in [-0.25, -0.2) is 9.37 Å². The number of benzene rings is 1. The van der Waals surface area contributed by atoms with Gasteiger partial charge in [-0.1, -0.05) is 0 Å². The van der Waals surface area contributed by atoms with Crippen molar-refractivity contribution in [3.63, 3.8) is 0 Å². The van der Waals surface area contributed by atoms with E-state index in [2.05, 4.69) is 37.9 Å². The normalized spacial score (nSPS) is 20.1. The van der Waals surface area contributed by atoms with Gasteiger partial charge in [0.15, 0.2) is 5.01 Å². The Morgan fingerprint density at radius 1 is 1.18 bits per heavy atom. The first-order valence-corrected chi connectivity index (χ1v) is 11.6. The maximum absolute atomic E-state index is 13.5. The van der Waals surface area contributed by atoms with Crippen LogP contribution >= 0.6 is 36.2 Å². The number of hydrogen-bond donors (Lipinski definition) is 4. The van der Waals surface area contributed by atoms with Gasteiger partial charge in [-0.3, -0.25) is 9.59 Å². The van der Waals surface area contributed by atoms with Crippen molar-refractivity contribution in [3.8, 4) is 0 Å². The summed E-state index contributed by atoms with van der Waals surface area (Å²) >= 11 is 1.44. The molecular formula is C22H27Cl2FN6O2S. The first-order chi connectivity index (χ1) is 15.5. The van der Waals surface area contributed by atoms with E-state index in [4.69, 9.17) is 0 Å². The fourth-order valence-corrected chi connectivity index (χ4v) is 5.40. The molecule has 0 unspecified atom stereocenters. The molecular weight excluding hydrogens is 502 g/mol. The minimum absolute atomic E-state index is 0. The highest BCUT2D eigenvalue weighted by molar-refractivity contribution is 7.13. The van der Waals surface area contributed by atoms with Crippen LogP contribution in [0.2, 0.25) is 0 Å². The standard InChI is InChI=1S/C22H25FN6O2S.2ClH/c1-29-7-5-16-19(11-29)32-22(28-16)21(31)27-18-10-24-6-4-15(18)26-20(30)17-9-12-8-13(23)2-3-14(12)25-17;;/h2-3,8-9,15,18,24-25H,4-7,10-11H2,1H3,(H,26,30)(H,27,31);2*1H/t15-,18+;;/m0../s1. The fourth-order valence-electron chi connectivity index (χ4n) is 4.31. The number of fused-ring (bicyclic) bond motifs is 2. The molecule has 8 nitrogen and oxygen atoms in total. The van der Waals surface area contributed by atoms with Gasteiger partial charge in [0.1, 0.15) is 11.5 Å². The zero-order valence-electron chi connectivity index (χ0n) is 18.5. The second-order valence-electron chi connectivity index (χ2n) is 8.44. The summed E-state index contributed by atoms with van der Waals surface area (Å²) in [6.45, 7) is 3.06. The molecule has 1 fully saturated rings. The van der Waals surface area contributed by atoms with Crippen molar-refractivity contribution in [2.75, 3.05) is 26.7 Å². The summed E-state index contributed by atoms with van der Waals surface area (Å²) in [4.78, 5) is 36.7. The maximum Gasteiger partial charge on any atom is 0.280 e. The van der Waals surface area contributed by atoms with E-state index in [0.717, 1.165) is 36.6 Å². The minimum atomic E-state index is -0.347. The van der Waals surface area contributed by atoms with Crippen LogP contribution in [0.25, 0.3) is 10.9 Å². The third-order valence-corrected chi connectivity index (χ3v) is 7.14. The Kier molecular flexibility index (Phi) is 8.53. The van der Waals surface area contributed by atoms with Gasteiger partial charge in [0, 0.05) is 41.8 Å². The van der Waals surface area contributed by atoms with Gasteiger partial charge in [0.25, 0.3) is 11.8 Å². The lowest BCUT2D eigenvalue weighted by molar-refractivity contribution is 0.0866. The lowest BCUT2D eigenvalue weighted by atomic mass is 10.0. The largest absolute Gasteiger partial charge is 0.351 e. The smallest absolute Gasteiger partial charge is 0.280 e. The minimum Gasteiger partial charge on any atom is -0.351 e. The number of carbonyl (C=O) groups is 2. The molecule has 0 saturated carbocycles. The first kappa shape index (κ1) is 26.4. The molecule has 5 rings (SSSR count). The number of rotatable bonds is 4. The number of piperidine rings is 1. The number of aromatic amines is 1. The summed E-state index contributed by atoms with van der Waals surface area (Å²) in [6, 6.07) is 5.51. The van der Waals surface area contributed by atoms with Crippen LogP contribution < -0.4 is 16.0 Å². The van der Waals surface area contributed by atoms with Crippen molar-refractivity contribution >= 4 is 58.9 Å². The van der Waals surface area contributed by atoms with Gasteiger partial charge in [-0.05, 0) is 44.3 Å². The predicted molar refractivity (Wildman–Crippen MR) is 135 cm³/mol. The van der Waals surface area contributed by atoms with E-state index >= 15 is 0 Å². The van der Waals surface area contributed by atoms with Crippen LogP contribution in [0, 0.1) is 5.82 Å². The Hall–Kier alpha value is -2.24. The van der Waals surface area contributed by atoms with Crippen molar-refractivity contribution < 1.29 is 14.0 Å². The zero-order valence-corrected chi connectivity index (χ0v) is 21.0. The number of nitrogens with zero attached hydrogens (tertiary/aromatic N) is 2. The molecule has 4 N–H and O–H groups in total. The van der Waals surface area contributed by atoms with Gasteiger partial charge in [0.2, 0.25) is 0 Å².